The highest BCUT2D eigenvalue weighted by atomic mass is 35.5. The van der Waals surface area contributed by atoms with Gasteiger partial charge >= 0.3 is 0 Å². The highest BCUT2D eigenvalue weighted by Crippen LogP contribution is 2.34. The lowest BCUT2D eigenvalue weighted by atomic mass is 10.1. The SMILES string of the molecule is CC(=O)c1cc(Cl)c(N=C(N)N=C(N)N)c(Cl)c1. The maximum atomic E-state index is 11.2. The van der Waals surface area contributed by atoms with E-state index >= 15 is 0 Å². The van der Waals surface area contributed by atoms with E-state index in [1.807, 2.05) is 0 Å². The van der Waals surface area contributed by atoms with Gasteiger partial charge in [0, 0.05) is 5.56 Å². The largest absolute Gasteiger partial charge is 0.370 e. The number of hydrogen-bond acceptors (Lipinski definition) is 2. The summed E-state index contributed by atoms with van der Waals surface area (Å²) in [5.41, 5.74) is 16.3. The van der Waals surface area contributed by atoms with Crippen LogP contribution in [0.5, 0.6) is 0 Å². The van der Waals surface area contributed by atoms with Crippen LogP contribution in [-0.2, 0) is 0 Å². The van der Waals surface area contributed by atoms with E-state index in [9.17, 15) is 4.79 Å². The number of nitrogens with two attached hydrogens (primary N) is 3. The predicted molar refractivity (Wildman–Crippen MR) is 73.6 cm³/mol. The molecule has 0 fully saturated rings. The van der Waals surface area contributed by atoms with E-state index in [0.29, 0.717) is 5.56 Å². The summed E-state index contributed by atoms with van der Waals surface area (Å²) >= 11 is 11.9. The van der Waals surface area contributed by atoms with E-state index in [1.165, 1.54) is 19.1 Å². The van der Waals surface area contributed by atoms with Gasteiger partial charge in [-0.3, -0.25) is 4.79 Å². The number of benzene rings is 1. The van der Waals surface area contributed by atoms with Crippen molar-refractivity contribution < 1.29 is 4.79 Å². The molecule has 0 aliphatic carbocycles. The number of Topliss-reactive ketones (excluding diaryl/α,β-unsaturated/α-hetero) is 1. The van der Waals surface area contributed by atoms with E-state index < -0.39 is 0 Å². The molecule has 96 valence electrons. The Kier molecular flexibility index (Phi) is 4.52. The lowest BCUT2D eigenvalue weighted by Gasteiger charge is -2.04. The van der Waals surface area contributed by atoms with E-state index in [-0.39, 0.29) is 33.4 Å². The second kappa shape index (κ2) is 5.70. The summed E-state index contributed by atoms with van der Waals surface area (Å²) in [5.74, 6) is -0.579. The standard InChI is InChI=1S/C10H11Cl2N5O/c1-4(18)5-2-6(11)8(7(12)3-5)16-10(15)17-9(13)14/h2-3H,1H3,(H6,13,14,15,16,17). The zero-order chi connectivity index (χ0) is 13.9. The van der Waals surface area contributed by atoms with Crippen molar-refractivity contribution in [2.24, 2.45) is 27.2 Å². The monoisotopic (exact) mass is 287 g/mol. The zero-order valence-electron chi connectivity index (χ0n) is 9.45. The number of carbonyl (C=O) groups excluding carboxylic acids is 1. The molecule has 0 aliphatic heterocycles. The van der Waals surface area contributed by atoms with Crippen molar-refractivity contribution in [3.8, 4) is 0 Å². The maximum Gasteiger partial charge on any atom is 0.223 e. The molecule has 0 spiro atoms. The van der Waals surface area contributed by atoms with Crippen molar-refractivity contribution in [1.82, 2.24) is 0 Å². The van der Waals surface area contributed by atoms with Gasteiger partial charge in [-0.1, -0.05) is 23.2 Å². The molecule has 0 aromatic heterocycles. The number of carbonyl (C=O) groups is 1. The van der Waals surface area contributed by atoms with E-state index in [2.05, 4.69) is 9.98 Å². The van der Waals surface area contributed by atoms with Crippen molar-refractivity contribution in [1.29, 1.82) is 0 Å². The molecule has 8 heteroatoms. The fourth-order valence-electron chi connectivity index (χ4n) is 1.15. The Labute approximate surface area is 113 Å². The van der Waals surface area contributed by atoms with Crippen LogP contribution in [0.15, 0.2) is 22.1 Å². The van der Waals surface area contributed by atoms with Gasteiger partial charge in [0.2, 0.25) is 5.96 Å². The summed E-state index contributed by atoms with van der Waals surface area (Å²) in [7, 11) is 0. The fraction of sp³-hybridized carbons (Fsp3) is 0.100. The zero-order valence-corrected chi connectivity index (χ0v) is 11.0. The molecule has 0 radical (unpaired) electrons. The highest BCUT2D eigenvalue weighted by Gasteiger charge is 2.10. The molecular formula is C10H11Cl2N5O. The topological polar surface area (TPSA) is 120 Å². The van der Waals surface area contributed by atoms with Crippen molar-refractivity contribution >= 4 is 46.6 Å². The minimum Gasteiger partial charge on any atom is -0.370 e. The van der Waals surface area contributed by atoms with Crippen LogP contribution in [0, 0.1) is 0 Å². The van der Waals surface area contributed by atoms with Gasteiger partial charge < -0.3 is 17.2 Å². The summed E-state index contributed by atoms with van der Waals surface area (Å²) in [6.45, 7) is 1.40. The van der Waals surface area contributed by atoms with Crippen LogP contribution in [0.3, 0.4) is 0 Å². The number of rotatable bonds is 2. The molecule has 0 amide bonds. The first-order valence-corrected chi connectivity index (χ1v) is 5.50. The number of guanidine groups is 2. The van der Waals surface area contributed by atoms with Crippen molar-refractivity contribution in [2.45, 2.75) is 6.92 Å². The number of nitrogens with zero attached hydrogens (tertiary/aromatic N) is 2. The number of aliphatic imine (C=N–C) groups is 2. The molecule has 6 nitrogen and oxygen atoms in total. The number of halogens is 2. The quantitative estimate of drug-likeness (QED) is 0.433. The van der Waals surface area contributed by atoms with E-state index in [1.54, 1.807) is 0 Å². The molecule has 1 rings (SSSR count). The second-order valence-corrected chi connectivity index (χ2v) is 4.17. The van der Waals surface area contributed by atoms with Gasteiger partial charge in [0.15, 0.2) is 11.7 Å². The fourth-order valence-corrected chi connectivity index (χ4v) is 1.72. The molecule has 0 aliphatic rings. The van der Waals surface area contributed by atoms with Crippen molar-refractivity contribution in [3.05, 3.63) is 27.7 Å². The average molecular weight is 288 g/mol. The van der Waals surface area contributed by atoms with Gasteiger partial charge in [-0.25, -0.2) is 4.99 Å². The van der Waals surface area contributed by atoms with E-state index in [4.69, 9.17) is 40.4 Å². The van der Waals surface area contributed by atoms with Crippen LogP contribution >= 0.6 is 23.2 Å². The molecule has 0 bridgehead atoms. The Morgan fingerprint density at radius 1 is 1.17 bits per heavy atom. The lowest BCUT2D eigenvalue weighted by Crippen LogP contribution is -2.26. The van der Waals surface area contributed by atoms with Gasteiger partial charge in [0.25, 0.3) is 0 Å². The Bertz CT molecular complexity index is 526. The van der Waals surface area contributed by atoms with Crippen LogP contribution in [0.25, 0.3) is 0 Å². The van der Waals surface area contributed by atoms with Crippen molar-refractivity contribution in [2.75, 3.05) is 0 Å². The number of ketones is 1. The smallest absolute Gasteiger partial charge is 0.223 e. The molecule has 1 aromatic rings. The summed E-state index contributed by atoms with van der Waals surface area (Å²) in [6.07, 6.45) is 0. The van der Waals surface area contributed by atoms with Crippen LogP contribution in [-0.4, -0.2) is 17.7 Å². The molecule has 18 heavy (non-hydrogen) atoms. The molecular weight excluding hydrogens is 277 g/mol. The third-order valence-corrected chi connectivity index (χ3v) is 2.47. The minimum atomic E-state index is -0.233. The summed E-state index contributed by atoms with van der Waals surface area (Å²) in [4.78, 5) is 18.6. The van der Waals surface area contributed by atoms with Crippen molar-refractivity contribution in [3.63, 3.8) is 0 Å². The summed E-state index contributed by atoms with van der Waals surface area (Å²) in [5, 5.41) is 0.364. The average Bonchev–Trinajstić information content (AvgIpc) is 2.21. The Balaban J connectivity index is 3.27. The third kappa shape index (κ3) is 3.61. The van der Waals surface area contributed by atoms with Crippen LogP contribution in [0.4, 0.5) is 5.69 Å². The second-order valence-electron chi connectivity index (χ2n) is 3.35. The van der Waals surface area contributed by atoms with E-state index in [0.717, 1.165) is 0 Å². The first-order chi connectivity index (χ1) is 8.31. The first-order valence-electron chi connectivity index (χ1n) is 4.75. The Hall–Kier alpha value is -1.79. The van der Waals surface area contributed by atoms with Gasteiger partial charge in [0.05, 0.1) is 10.0 Å². The third-order valence-electron chi connectivity index (χ3n) is 1.89. The molecule has 0 saturated carbocycles. The predicted octanol–water partition coefficient (Wildman–Crippen LogP) is 1.42. The van der Waals surface area contributed by atoms with Crippen LogP contribution < -0.4 is 17.2 Å². The molecule has 1 aromatic carbocycles. The van der Waals surface area contributed by atoms with Crippen LogP contribution in [0.2, 0.25) is 10.0 Å². The molecule has 6 N–H and O–H groups in total. The Morgan fingerprint density at radius 2 is 1.67 bits per heavy atom. The molecule has 0 atom stereocenters. The minimum absolute atomic E-state index is 0.161. The summed E-state index contributed by atoms with van der Waals surface area (Å²) < 4.78 is 0. The molecule has 0 saturated heterocycles. The van der Waals surface area contributed by atoms with Gasteiger partial charge in [-0.05, 0) is 19.1 Å². The first kappa shape index (κ1) is 14.3. The maximum absolute atomic E-state index is 11.2. The molecule has 0 unspecified atom stereocenters. The number of hydrogen-bond donors (Lipinski definition) is 3. The normalized spacial score (nSPS) is 11.2. The summed E-state index contributed by atoms with van der Waals surface area (Å²) in [6, 6.07) is 2.88. The molecule has 0 heterocycles. The van der Waals surface area contributed by atoms with Gasteiger partial charge in [-0.15, -0.1) is 0 Å². The van der Waals surface area contributed by atoms with Gasteiger partial charge in [-0.2, -0.15) is 4.99 Å². The Morgan fingerprint density at radius 3 is 2.06 bits per heavy atom. The van der Waals surface area contributed by atoms with Gasteiger partial charge in [0.1, 0.15) is 5.69 Å². The highest BCUT2D eigenvalue weighted by molar-refractivity contribution is 6.39. The van der Waals surface area contributed by atoms with Crippen LogP contribution in [0.1, 0.15) is 17.3 Å². The lowest BCUT2D eigenvalue weighted by molar-refractivity contribution is 0.101.